The quantitative estimate of drug-likeness (QED) is 0.559. The molecule has 4 rings (SSSR count). The molecule has 1 aromatic carbocycles. The lowest BCUT2D eigenvalue weighted by molar-refractivity contribution is 0.102. The number of benzene rings is 1. The van der Waals surface area contributed by atoms with Crippen molar-refractivity contribution in [3.05, 3.63) is 69.8 Å². The second kappa shape index (κ2) is 9.71. The minimum atomic E-state index is -0.237. The predicted octanol–water partition coefficient (Wildman–Crippen LogP) is 4.22. The van der Waals surface area contributed by atoms with E-state index in [4.69, 9.17) is 16.3 Å². The first-order valence-corrected chi connectivity index (χ1v) is 11.2. The van der Waals surface area contributed by atoms with Crippen LogP contribution in [0.4, 0.5) is 5.69 Å². The molecule has 1 amide bonds. The van der Waals surface area contributed by atoms with Crippen LogP contribution in [0.5, 0.6) is 5.75 Å². The Bertz CT molecular complexity index is 1130. The van der Waals surface area contributed by atoms with Crippen LogP contribution in [0, 0.1) is 12.8 Å². The highest BCUT2D eigenvalue weighted by Crippen LogP contribution is 2.25. The zero-order valence-electron chi connectivity index (χ0n) is 18.6. The fourth-order valence-electron chi connectivity index (χ4n) is 3.55. The van der Waals surface area contributed by atoms with E-state index >= 15 is 0 Å². The van der Waals surface area contributed by atoms with E-state index in [1.54, 1.807) is 12.3 Å². The number of carbonyl (C=O) groups excluding carboxylic acids is 1. The average molecular weight is 454 g/mol. The summed E-state index contributed by atoms with van der Waals surface area (Å²) in [5, 5.41) is 11.3. The van der Waals surface area contributed by atoms with Gasteiger partial charge in [-0.15, -0.1) is 0 Å². The van der Waals surface area contributed by atoms with Gasteiger partial charge in [-0.05, 0) is 42.2 Å². The highest BCUT2D eigenvalue weighted by molar-refractivity contribution is 6.31. The molecule has 2 aromatic heterocycles. The molecule has 3 aromatic rings. The summed E-state index contributed by atoms with van der Waals surface area (Å²) in [6.07, 6.45) is 2.49. The number of hydrogen-bond donors (Lipinski definition) is 2. The first-order valence-electron chi connectivity index (χ1n) is 10.8. The van der Waals surface area contributed by atoms with Crippen molar-refractivity contribution in [3.8, 4) is 5.75 Å². The smallest absolute Gasteiger partial charge is 0.274 e. The lowest BCUT2D eigenvalue weighted by Crippen LogP contribution is -2.25. The highest BCUT2D eigenvalue weighted by atomic mass is 35.5. The van der Waals surface area contributed by atoms with Crippen molar-refractivity contribution in [1.82, 2.24) is 20.1 Å². The number of nitrogens with zero attached hydrogens (tertiary/aromatic N) is 3. The lowest BCUT2D eigenvalue weighted by atomic mass is 10.1. The Labute approximate surface area is 193 Å². The second-order valence-electron chi connectivity index (χ2n) is 8.44. The van der Waals surface area contributed by atoms with Crippen molar-refractivity contribution in [2.75, 3.05) is 18.5 Å². The summed E-state index contributed by atoms with van der Waals surface area (Å²) in [6, 6.07) is 9.43. The lowest BCUT2D eigenvalue weighted by Gasteiger charge is -2.16. The fourth-order valence-corrected chi connectivity index (χ4v) is 3.78. The Hall–Kier alpha value is -2.90. The van der Waals surface area contributed by atoms with Crippen molar-refractivity contribution >= 4 is 23.2 Å². The van der Waals surface area contributed by atoms with Crippen LogP contribution in [0.25, 0.3) is 0 Å². The molecule has 0 aliphatic carbocycles. The van der Waals surface area contributed by atoms with E-state index in [2.05, 4.69) is 34.6 Å². The number of hydrogen-bond acceptors (Lipinski definition) is 5. The molecule has 0 atom stereocenters. The number of ether oxygens (including phenoxy) is 1. The minimum Gasteiger partial charge on any atom is -0.493 e. The molecule has 0 spiro atoms. The minimum absolute atomic E-state index is 0.237. The molecular formula is C24H28ClN5O2. The van der Waals surface area contributed by atoms with Crippen LogP contribution < -0.4 is 15.4 Å². The van der Waals surface area contributed by atoms with Crippen LogP contribution in [0.2, 0.25) is 5.02 Å². The van der Waals surface area contributed by atoms with Gasteiger partial charge >= 0.3 is 0 Å². The summed E-state index contributed by atoms with van der Waals surface area (Å²) in [5.41, 5.74) is 4.98. The van der Waals surface area contributed by atoms with Crippen LogP contribution in [0.15, 0.2) is 36.5 Å². The van der Waals surface area contributed by atoms with Gasteiger partial charge in [0.1, 0.15) is 11.4 Å². The summed E-state index contributed by atoms with van der Waals surface area (Å²) in [4.78, 5) is 17.3. The van der Waals surface area contributed by atoms with Crippen molar-refractivity contribution in [3.63, 3.8) is 0 Å². The molecule has 0 saturated heterocycles. The van der Waals surface area contributed by atoms with Crippen molar-refractivity contribution in [2.24, 2.45) is 5.92 Å². The van der Waals surface area contributed by atoms with Crippen LogP contribution in [-0.4, -0.2) is 33.8 Å². The maximum absolute atomic E-state index is 12.8. The zero-order valence-corrected chi connectivity index (χ0v) is 19.4. The van der Waals surface area contributed by atoms with Gasteiger partial charge in [-0.2, -0.15) is 5.10 Å². The van der Waals surface area contributed by atoms with E-state index in [1.807, 2.05) is 35.9 Å². The molecule has 1 aliphatic rings. The third-order valence-electron chi connectivity index (χ3n) is 5.43. The average Bonchev–Trinajstić information content (AvgIpc) is 3.12. The van der Waals surface area contributed by atoms with Gasteiger partial charge < -0.3 is 15.4 Å². The van der Waals surface area contributed by atoms with Gasteiger partial charge in [0.2, 0.25) is 0 Å². The summed E-state index contributed by atoms with van der Waals surface area (Å²) in [7, 11) is 0. The predicted molar refractivity (Wildman–Crippen MR) is 125 cm³/mol. The van der Waals surface area contributed by atoms with Gasteiger partial charge in [-0.25, -0.2) is 4.98 Å². The Morgan fingerprint density at radius 1 is 1.31 bits per heavy atom. The first-order chi connectivity index (χ1) is 15.4. The standard InChI is InChI=1S/C24H28ClN5O2/c1-15(2)14-32-19-6-4-18(20(25)10-19)13-30-16(3)23(12-27-30)29-24(31)22-7-5-17-11-26-9-8-21(17)28-22/h4-7,10,12,15,26H,8-9,11,13-14H2,1-3H3,(H,29,31). The van der Waals surface area contributed by atoms with Gasteiger partial charge in [0.05, 0.1) is 30.7 Å². The summed E-state index contributed by atoms with van der Waals surface area (Å²) in [5.74, 6) is 0.965. The third kappa shape index (κ3) is 5.11. The third-order valence-corrected chi connectivity index (χ3v) is 5.79. The topological polar surface area (TPSA) is 81.1 Å². The van der Waals surface area contributed by atoms with Gasteiger partial charge in [0.15, 0.2) is 0 Å². The Balaban J connectivity index is 1.44. The summed E-state index contributed by atoms with van der Waals surface area (Å²) >= 11 is 6.47. The van der Waals surface area contributed by atoms with E-state index in [9.17, 15) is 4.79 Å². The first kappa shape index (κ1) is 22.3. The van der Waals surface area contributed by atoms with Crippen LogP contribution >= 0.6 is 11.6 Å². The molecule has 0 radical (unpaired) electrons. The molecule has 0 fully saturated rings. The maximum Gasteiger partial charge on any atom is 0.274 e. The molecule has 0 saturated carbocycles. The summed E-state index contributed by atoms with van der Waals surface area (Å²) in [6.45, 7) is 8.94. The molecule has 1 aliphatic heterocycles. The number of amides is 1. The van der Waals surface area contributed by atoms with Gasteiger partial charge in [0, 0.05) is 30.2 Å². The Kier molecular flexibility index (Phi) is 6.77. The monoisotopic (exact) mass is 453 g/mol. The van der Waals surface area contributed by atoms with Crippen molar-refractivity contribution in [1.29, 1.82) is 0 Å². The highest BCUT2D eigenvalue weighted by Gasteiger charge is 2.17. The Morgan fingerprint density at radius 3 is 2.94 bits per heavy atom. The maximum atomic E-state index is 12.8. The molecule has 0 bridgehead atoms. The number of nitrogens with one attached hydrogen (secondary N) is 2. The number of rotatable bonds is 7. The van der Waals surface area contributed by atoms with Gasteiger partial charge in [-0.1, -0.05) is 37.6 Å². The number of pyridine rings is 1. The molecule has 0 unspecified atom stereocenters. The normalized spacial score (nSPS) is 13.2. The number of carbonyl (C=O) groups is 1. The molecular weight excluding hydrogens is 426 g/mol. The van der Waals surface area contributed by atoms with E-state index in [1.165, 1.54) is 0 Å². The largest absolute Gasteiger partial charge is 0.493 e. The SMILES string of the molecule is Cc1c(NC(=O)c2ccc3c(n2)CCNC3)cnn1Cc1ccc(OCC(C)C)cc1Cl. The molecule has 7 nitrogen and oxygen atoms in total. The molecule has 8 heteroatoms. The van der Waals surface area contributed by atoms with Crippen molar-refractivity contribution in [2.45, 2.75) is 40.3 Å². The second-order valence-corrected chi connectivity index (χ2v) is 8.85. The fraction of sp³-hybridized carbons (Fsp3) is 0.375. The number of anilines is 1. The van der Waals surface area contributed by atoms with Crippen LogP contribution in [0.1, 0.15) is 46.9 Å². The number of fused-ring (bicyclic) bond motifs is 1. The molecule has 168 valence electrons. The Morgan fingerprint density at radius 2 is 2.16 bits per heavy atom. The molecule has 32 heavy (non-hydrogen) atoms. The zero-order chi connectivity index (χ0) is 22.7. The number of aromatic nitrogens is 3. The summed E-state index contributed by atoms with van der Waals surface area (Å²) < 4.78 is 7.55. The van der Waals surface area contributed by atoms with E-state index in [-0.39, 0.29) is 5.91 Å². The van der Waals surface area contributed by atoms with E-state index in [0.29, 0.717) is 35.5 Å². The van der Waals surface area contributed by atoms with E-state index < -0.39 is 0 Å². The van der Waals surface area contributed by atoms with Crippen LogP contribution in [-0.2, 0) is 19.5 Å². The number of halogens is 1. The molecule has 3 heterocycles. The van der Waals surface area contributed by atoms with Gasteiger partial charge in [-0.3, -0.25) is 9.48 Å². The van der Waals surface area contributed by atoms with Crippen LogP contribution in [0.3, 0.4) is 0 Å². The van der Waals surface area contributed by atoms with E-state index in [0.717, 1.165) is 47.8 Å². The molecule has 2 N–H and O–H groups in total. The van der Waals surface area contributed by atoms with Crippen molar-refractivity contribution < 1.29 is 9.53 Å². The van der Waals surface area contributed by atoms with Gasteiger partial charge in [0.25, 0.3) is 5.91 Å².